The van der Waals surface area contributed by atoms with Gasteiger partial charge in [-0.2, -0.15) is 0 Å². The Morgan fingerprint density at radius 2 is 0.548 bits per heavy atom. The summed E-state index contributed by atoms with van der Waals surface area (Å²) >= 11 is 0. The van der Waals surface area contributed by atoms with Crippen molar-refractivity contribution in [3.8, 4) is 0 Å². The third kappa shape index (κ3) is 23.8. The van der Waals surface area contributed by atoms with Gasteiger partial charge in [-0.25, -0.2) is 0 Å². The van der Waals surface area contributed by atoms with Gasteiger partial charge in [0, 0.05) is 25.5 Å². The normalized spacial score (nSPS) is 13.7. The van der Waals surface area contributed by atoms with Crippen LogP contribution in [0.4, 0.5) is 0 Å². The predicted molar refractivity (Wildman–Crippen MR) is 191 cm³/mol. The molecule has 0 fully saturated rings. The van der Waals surface area contributed by atoms with E-state index in [2.05, 4.69) is 43.0 Å². The molecular formula is C40H80N2. The molecule has 42 heavy (non-hydrogen) atoms. The number of hydrogen-bond donors (Lipinski definition) is 0. The molecule has 0 saturated carbocycles. The molecule has 1 rings (SSSR count). The number of nitrogens with zero attached hydrogens (tertiary/aromatic N) is 2. The second-order valence-corrected chi connectivity index (χ2v) is 13.9. The minimum Gasteiger partial charge on any atom is -0.356 e. The Labute approximate surface area is 267 Å². The van der Waals surface area contributed by atoms with Crippen molar-refractivity contribution in [1.29, 1.82) is 0 Å². The Bertz CT molecular complexity index is 502. The van der Waals surface area contributed by atoms with Crippen molar-refractivity contribution in [1.82, 2.24) is 9.80 Å². The highest BCUT2D eigenvalue weighted by atomic mass is 15.4. The first-order valence-electron chi connectivity index (χ1n) is 20.0. The van der Waals surface area contributed by atoms with E-state index < -0.39 is 0 Å². The topological polar surface area (TPSA) is 6.48 Å². The first-order chi connectivity index (χ1) is 20.8. The largest absolute Gasteiger partial charge is 0.356 e. The molecule has 2 heteroatoms. The van der Waals surface area contributed by atoms with Crippen LogP contribution < -0.4 is 0 Å². The monoisotopic (exact) mass is 589 g/mol. The van der Waals surface area contributed by atoms with Crippen LogP contribution in [-0.4, -0.2) is 29.1 Å². The third-order valence-corrected chi connectivity index (χ3v) is 9.82. The Balaban J connectivity index is 2.03. The van der Waals surface area contributed by atoms with E-state index in [0.717, 1.165) is 0 Å². The second kappa shape index (κ2) is 31.8. The molecule has 0 spiro atoms. The molecule has 1 heterocycles. The predicted octanol–water partition coefficient (Wildman–Crippen LogP) is 13.9. The molecule has 0 unspecified atom stereocenters. The number of unbranched alkanes of at least 4 members (excludes halogenated alkanes) is 28. The van der Waals surface area contributed by atoms with Crippen LogP contribution in [0.15, 0.2) is 12.4 Å². The molecule has 250 valence electrons. The van der Waals surface area contributed by atoms with Gasteiger partial charge in [0.1, 0.15) is 6.17 Å². The summed E-state index contributed by atoms with van der Waals surface area (Å²) in [6, 6.07) is 0. The highest BCUT2D eigenvalue weighted by Gasteiger charge is 2.24. The zero-order valence-electron chi connectivity index (χ0n) is 29.7. The minimum absolute atomic E-state index is 0.639. The van der Waals surface area contributed by atoms with Gasteiger partial charge in [0.05, 0.1) is 0 Å². The summed E-state index contributed by atoms with van der Waals surface area (Å²) in [5.74, 6) is 0. The van der Waals surface area contributed by atoms with E-state index in [0.29, 0.717) is 6.17 Å². The molecule has 0 bridgehead atoms. The molecule has 0 N–H and O–H groups in total. The number of hydrogen-bond acceptors (Lipinski definition) is 2. The van der Waals surface area contributed by atoms with Gasteiger partial charge in [-0.1, -0.05) is 201 Å². The standard InChI is InChI=1S/C40H80N2/c1-4-7-10-12-14-16-18-20-22-24-26-28-30-33-36-41-38-39-42(40(41)35-32-9-6-3)37-34-31-29-27-25-23-21-19-17-15-13-11-8-5-2/h38-40H,4-37H2,1-3H3. The molecule has 0 radical (unpaired) electrons. The quantitative estimate of drug-likeness (QED) is 0.0690. The van der Waals surface area contributed by atoms with Gasteiger partial charge in [-0.3, -0.25) is 0 Å². The Morgan fingerprint density at radius 1 is 0.310 bits per heavy atom. The van der Waals surface area contributed by atoms with Crippen LogP contribution in [-0.2, 0) is 0 Å². The van der Waals surface area contributed by atoms with E-state index in [1.165, 1.54) is 219 Å². The molecular weight excluding hydrogens is 508 g/mol. The average molecular weight is 589 g/mol. The van der Waals surface area contributed by atoms with Gasteiger partial charge >= 0.3 is 0 Å². The lowest BCUT2D eigenvalue weighted by molar-refractivity contribution is 0.135. The smallest absolute Gasteiger partial charge is 0.101 e. The van der Waals surface area contributed by atoms with Gasteiger partial charge in [0.25, 0.3) is 0 Å². The van der Waals surface area contributed by atoms with Crippen molar-refractivity contribution in [2.45, 2.75) is 232 Å². The van der Waals surface area contributed by atoms with Crippen LogP contribution in [0.3, 0.4) is 0 Å². The zero-order chi connectivity index (χ0) is 30.2. The van der Waals surface area contributed by atoms with Gasteiger partial charge in [0.15, 0.2) is 0 Å². The van der Waals surface area contributed by atoms with Gasteiger partial charge in [-0.15, -0.1) is 0 Å². The first-order valence-corrected chi connectivity index (χ1v) is 20.0. The van der Waals surface area contributed by atoms with E-state index in [9.17, 15) is 0 Å². The van der Waals surface area contributed by atoms with E-state index in [4.69, 9.17) is 0 Å². The highest BCUT2D eigenvalue weighted by Crippen LogP contribution is 2.23. The van der Waals surface area contributed by atoms with E-state index in [-0.39, 0.29) is 0 Å². The van der Waals surface area contributed by atoms with Crippen LogP contribution in [0.1, 0.15) is 226 Å². The maximum atomic E-state index is 2.69. The summed E-state index contributed by atoms with van der Waals surface area (Å²) in [6.07, 6.45) is 51.5. The van der Waals surface area contributed by atoms with Crippen molar-refractivity contribution in [2.24, 2.45) is 0 Å². The van der Waals surface area contributed by atoms with Crippen molar-refractivity contribution >= 4 is 0 Å². The third-order valence-electron chi connectivity index (χ3n) is 9.82. The summed E-state index contributed by atoms with van der Waals surface area (Å²) in [5, 5.41) is 0. The maximum Gasteiger partial charge on any atom is 0.101 e. The van der Waals surface area contributed by atoms with E-state index in [1.54, 1.807) is 0 Å². The fourth-order valence-electron chi connectivity index (χ4n) is 6.89. The van der Waals surface area contributed by atoms with Crippen LogP contribution >= 0.6 is 0 Å². The molecule has 2 nitrogen and oxygen atoms in total. The zero-order valence-corrected chi connectivity index (χ0v) is 29.7. The number of rotatable bonds is 34. The molecule has 0 saturated heterocycles. The Morgan fingerprint density at radius 3 is 0.833 bits per heavy atom. The summed E-state index contributed by atoms with van der Waals surface area (Å²) in [4.78, 5) is 5.39. The fourth-order valence-corrected chi connectivity index (χ4v) is 6.89. The highest BCUT2D eigenvalue weighted by molar-refractivity contribution is 4.97. The summed E-state index contributed by atoms with van der Waals surface area (Å²) < 4.78 is 0. The van der Waals surface area contributed by atoms with Crippen molar-refractivity contribution in [3.63, 3.8) is 0 Å². The van der Waals surface area contributed by atoms with Gasteiger partial charge in [-0.05, 0) is 25.7 Å². The van der Waals surface area contributed by atoms with Crippen molar-refractivity contribution in [2.75, 3.05) is 13.1 Å². The second-order valence-electron chi connectivity index (χ2n) is 13.9. The van der Waals surface area contributed by atoms with Crippen molar-refractivity contribution < 1.29 is 0 Å². The first kappa shape index (κ1) is 39.4. The van der Waals surface area contributed by atoms with Crippen LogP contribution in [0.5, 0.6) is 0 Å². The molecule has 1 aliphatic heterocycles. The lowest BCUT2D eigenvalue weighted by Crippen LogP contribution is -2.39. The van der Waals surface area contributed by atoms with Crippen LogP contribution in [0.2, 0.25) is 0 Å². The van der Waals surface area contributed by atoms with E-state index in [1.807, 2.05) is 0 Å². The maximum absolute atomic E-state index is 2.69. The van der Waals surface area contributed by atoms with E-state index >= 15 is 0 Å². The lowest BCUT2D eigenvalue weighted by atomic mass is 10.0. The van der Waals surface area contributed by atoms with Crippen molar-refractivity contribution in [3.05, 3.63) is 12.4 Å². The molecule has 1 aliphatic rings. The summed E-state index contributed by atoms with van der Waals surface area (Å²) in [6.45, 7) is 9.49. The molecule has 0 atom stereocenters. The van der Waals surface area contributed by atoms with Crippen LogP contribution in [0.25, 0.3) is 0 Å². The molecule has 0 aromatic carbocycles. The SMILES string of the molecule is CCCCCCCCCCCCCCCCN1C=CN(CCCCCCCCCCCCCCCC)C1CCCCC. The fraction of sp³-hybridized carbons (Fsp3) is 0.950. The van der Waals surface area contributed by atoms with Gasteiger partial charge < -0.3 is 9.80 Å². The Kier molecular flexibility index (Phi) is 29.8. The average Bonchev–Trinajstić information content (AvgIpc) is 3.38. The molecule has 0 amide bonds. The minimum atomic E-state index is 0.639. The molecule has 0 aliphatic carbocycles. The van der Waals surface area contributed by atoms with Gasteiger partial charge in [0.2, 0.25) is 0 Å². The Hall–Kier alpha value is -0.660. The molecule has 0 aromatic rings. The summed E-state index contributed by atoms with van der Waals surface area (Å²) in [7, 11) is 0. The molecule has 0 aromatic heterocycles. The summed E-state index contributed by atoms with van der Waals surface area (Å²) in [5.41, 5.74) is 0. The lowest BCUT2D eigenvalue weighted by Gasteiger charge is -2.33. The van der Waals surface area contributed by atoms with Crippen LogP contribution in [0, 0.1) is 0 Å².